The minimum atomic E-state index is -2.85. The van der Waals surface area contributed by atoms with E-state index in [1.54, 1.807) is 6.08 Å². The second kappa shape index (κ2) is 9.54. The number of rotatable bonds is 6. The summed E-state index contributed by atoms with van der Waals surface area (Å²) in [6.07, 6.45) is 4.04. The molecule has 0 saturated heterocycles. The molecule has 0 aromatic rings. The first-order valence-corrected chi connectivity index (χ1v) is 11.9. The van der Waals surface area contributed by atoms with Gasteiger partial charge < -0.3 is 5.11 Å². The molecule has 3 saturated carbocycles. The van der Waals surface area contributed by atoms with Gasteiger partial charge in [-0.1, -0.05) is 77.3 Å². The van der Waals surface area contributed by atoms with Crippen LogP contribution in [-0.4, -0.2) is 11.2 Å². The van der Waals surface area contributed by atoms with Gasteiger partial charge in [-0.15, -0.1) is 0 Å². The Kier molecular flexibility index (Phi) is 5.54. The highest BCUT2D eigenvalue weighted by Crippen LogP contribution is 2.60. The van der Waals surface area contributed by atoms with Gasteiger partial charge >= 0.3 is 0 Å². The molecule has 3 fully saturated rings. The van der Waals surface area contributed by atoms with Crippen molar-refractivity contribution in [1.29, 1.82) is 0 Å². The first-order chi connectivity index (χ1) is 15.6. The first kappa shape index (κ1) is 16.8. The van der Waals surface area contributed by atoms with Gasteiger partial charge in [0.2, 0.25) is 0 Å². The van der Waals surface area contributed by atoms with Gasteiger partial charge in [0.05, 0.1) is 7.45 Å². The maximum Gasteiger partial charge on any atom is 0.0604 e. The van der Waals surface area contributed by atoms with Crippen LogP contribution in [0.2, 0.25) is 0 Å². The van der Waals surface area contributed by atoms with E-state index in [9.17, 15) is 5.11 Å². The smallest absolute Gasteiger partial charge is 0.0604 e. The molecule has 0 bridgehead atoms. The van der Waals surface area contributed by atoms with Crippen molar-refractivity contribution < 1.29 is 12.0 Å². The molecule has 1 nitrogen and oxygen atoms in total. The number of hydrogen-bond acceptors (Lipinski definition) is 1. The fourth-order valence-corrected chi connectivity index (χ4v) is 6.17. The summed E-state index contributed by atoms with van der Waals surface area (Å²) in [5.41, 5.74) is 2.10. The average molecular weight is 404 g/mol. The molecule has 1 heteroatoms. The molecule has 0 aromatic carbocycles. The molecular weight excluding hydrogens is 352 g/mol. The Hall–Kier alpha value is -0.820. The molecule has 3 aliphatic carbocycles. The maximum absolute atomic E-state index is 10.5. The highest BCUT2D eigenvalue weighted by atomic mass is 16.3. The van der Waals surface area contributed by atoms with Crippen molar-refractivity contribution in [1.82, 2.24) is 0 Å². The topological polar surface area (TPSA) is 20.2 Å². The Balaban J connectivity index is 1.83. The summed E-state index contributed by atoms with van der Waals surface area (Å²) in [6, 6.07) is 0. The van der Waals surface area contributed by atoms with Crippen molar-refractivity contribution in [3.63, 3.8) is 0 Å². The Morgan fingerprint density at radius 1 is 1.21 bits per heavy atom. The van der Waals surface area contributed by atoms with Crippen molar-refractivity contribution in [2.24, 2.45) is 35.0 Å². The molecule has 0 aliphatic heterocycles. The zero-order valence-corrected chi connectivity index (χ0v) is 19.4. The molecule has 29 heavy (non-hydrogen) atoms. The Morgan fingerprint density at radius 2 is 1.97 bits per heavy atom. The molecule has 3 rings (SSSR count). The largest absolute Gasteiger partial charge is 0.393 e. The summed E-state index contributed by atoms with van der Waals surface area (Å²) < 4.78 is 40.9. The van der Waals surface area contributed by atoms with E-state index in [4.69, 9.17) is 6.85 Å². The third kappa shape index (κ3) is 5.09. The van der Waals surface area contributed by atoms with E-state index in [0.717, 1.165) is 24.7 Å². The third-order valence-electron chi connectivity index (χ3n) is 8.51. The van der Waals surface area contributed by atoms with Gasteiger partial charge in [0, 0.05) is 5.48 Å². The van der Waals surface area contributed by atoms with E-state index in [0.29, 0.717) is 23.3 Å². The number of hydrogen-bond donors (Lipinski definition) is 1. The molecular formula is C28H46O. The molecule has 0 aromatic heterocycles. The molecule has 0 amide bonds. The molecule has 164 valence electrons. The predicted molar refractivity (Wildman–Crippen MR) is 126 cm³/mol. The summed E-state index contributed by atoms with van der Waals surface area (Å²) in [4.78, 5) is 0. The standard InChI is InChI=1S/C28H46O/c1-19(2)20(3)9-10-22(5)26-15-16-27-23(8-7-17-28(26,27)6)12-13-24-18-25(29)14-11-21(24)4/h12-13,19-20,22,25-27,29H,4,7-11,14-18H2,1-3,5-6H3/b23-12+,24-13-/t20-,22+,25-,26+,27-,28+/m0/s1/i14D2,18D2,25D. The van der Waals surface area contributed by atoms with E-state index in [2.05, 4.69) is 41.2 Å². The van der Waals surface area contributed by atoms with Gasteiger partial charge in [-0.3, -0.25) is 0 Å². The first-order valence-electron chi connectivity index (χ1n) is 14.4. The van der Waals surface area contributed by atoms with E-state index in [1.165, 1.54) is 37.7 Å². The number of fused-ring (bicyclic) bond motifs is 1. The van der Waals surface area contributed by atoms with Crippen LogP contribution >= 0.6 is 0 Å². The Labute approximate surface area is 187 Å². The minimum Gasteiger partial charge on any atom is -0.393 e. The molecule has 3 aliphatic rings. The van der Waals surface area contributed by atoms with E-state index >= 15 is 0 Å². The van der Waals surface area contributed by atoms with Crippen LogP contribution in [0.3, 0.4) is 0 Å². The van der Waals surface area contributed by atoms with Crippen molar-refractivity contribution in [2.45, 2.75) is 105 Å². The quantitative estimate of drug-likeness (QED) is 0.478. The van der Waals surface area contributed by atoms with Crippen molar-refractivity contribution in [3.8, 4) is 0 Å². The maximum atomic E-state index is 10.5. The third-order valence-corrected chi connectivity index (χ3v) is 8.51. The molecule has 0 heterocycles. The molecule has 0 unspecified atom stereocenters. The van der Waals surface area contributed by atoms with Crippen LogP contribution in [0.25, 0.3) is 0 Å². The zero-order valence-electron chi connectivity index (χ0n) is 24.4. The number of allylic oxidation sites excluding steroid dienone is 4. The minimum absolute atomic E-state index is 0.158. The van der Waals surface area contributed by atoms with Gasteiger partial charge in [-0.2, -0.15) is 0 Å². The Bertz CT molecular complexity index is 840. The fraction of sp³-hybridized carbons (Fsp3) is 0.786. The predicted octanol–water partition coefficient (Wildman–Crippen LogP) is 7.87. The number of aliphatic hydroxyl groups is 1. The van der Waals surface area contributed by atoms with Gasteiger partial charge in [-0.25, -0.2) is 0 Å². The van der Waals surface area contributed by atoms with Crippen molar-refractivity contribution in [3.05, 3.63) is 35.5 Å². The van der Waals surface area contributed by atoms with Crippen LogP contribution < -0.4 is 0 Å². The summed E-state index contributed by atoms with van der Waals surface area (Å²) in [5.74, 6) is 3.36. The molecule has 1 N–H and O–H groups in total. The van der Waals surface area contributed by atoms with Gasteiger partial charge in [0.15, 0.2) is 0 Å². The van der Waals surface area contributed by atoms with Crippen LogP contribution in [0.15, 0.2) is 35.5 Å². The lowest BCUT2D eigenvalue weighted by atomic mass is 9.60. The van der Waals surface area contributed by atoms with Crippen LogP contribution in [0.1, 0.15) is 106 Å². The average Bonchev–Trinajstić information content (AvgIpc) is 3.07. The lowest BCUT2D eigenvalue weighted by molar-refractivity contribution is 0.0907. The SMILES string of the molecule is [2H]C1([2H])CC(=C)/C(=C\C=C2/CCC[C@]3(C)[C@@H]([C@H](C)CC[C@H](C)C(C)C)CC[C@@H]23)C([2H])([2H])[C@@]1([2H])O. The summed E-state index contributed by atoms with van der Waals surface area (Å²) in [5, 5.41) is 10.5. The zero-order chi connectivity index (χ0) is 25.7. The lowest BCUT2D eigenvalue weighted by Gasteiger charge is -2.44. The van der Waals surface area contributed by atoms with Crippen LogP contribution in [-0.2, 0) is 0 Å². The Morgan fingerprint density at radius 3 is 2.69 bits per heavy atom. The van der Waals surface area contributed by atoms with Crippen LogP contribution in [0, 0.1) is 35.0 Å². The van der Waals surface area contributed by atoms with Gasteiger partial charge in [0.1, 0.15) is 0 Å². The highest BCUT2D eigenvalue weighted by Gasteiger charge is 2.50. The summed E-state index contributed by atoms with van der Waals surface area (Å²) in [7, 11) is 0. The van der Waals surface area contributed by atoms with E-state index in [1.807, 2.05) is 6.08 Å². The van der Waals surface area contributed by atoms with E-state index in [-0.39, 0.29) is 17.4 Å². The summed E-state index contributed by atoms with van der Waals surface area (Å²) in [6.45, 7) is 15.8. The normalized spacial score (nSPS) is 46.4. The fourth-order valence-electron chi connectivity index (χ4n) is 6.17. The van der Waals surface area contributed by atoms with Crippen molar-refractivity contribution in [2.75, 3.05) is 0 Å². The lowest BCUT2D eigenvalue weighted by Crippen LogP contribution is -2.36. The second-order valence-corrected chi connectivity index (χ2v) is 10.6. The molecule has 0 spiro atoms. The van der Waals surface area contributed by atoms with Crippen LogP contribution in [0.5, 0.6) is 0 Å². The van der Waals surface area contributed by atoms with Crippen molar-refractivity contribution >= 4 is 0 Å². The highest BCUT2D eigenvalue weighted by molar-refractivity contribution is 5.36. The monoisotopic (exact) mass is 403 g/mol. The summed E-state index contributed by atoms with van der Waals surface area (Å²) >= 11 is 0. The molecule has 6 atom stereocenters. The van der Waals surface area contributed by atoms with Crippen LogP contribution in [0.4, 0.5) is 0 Å². The van der Waals surface area contributed by atoms with Gasteiger partial charge in [-0.05, 0) is 91.8 Å². The molecule has 0 radical (unpaired) electrons. The van der Waals surface area contributed by atoms with Gasteiger partial charge in [0.25, 0.3) is 0 Å². The van der Waals surface area contributed by atoms with E-state index < -0.39 is 18.8 Å². The second-order valence-electron chi connectivity index (χ2n) is 10.6.